The van der Waals surface area contributed by atoms with Crippen molar-refractivity contribution < 1.29 is 14.3 Å². The number of fused-ring (bicyclic) bond motifs is 2. The summed E-state index contributed by atoms with van der Waals surface area (Å²) in [5.74, 6) is 0.968. The molecule has 3 rings (SSSR count). The van der Waals surface area contributed by atoms with E-state index >= 15 is 0 Å². The van der Waals surface area contributed by atoms with Gasteiger partial charge in [-0.3, -0.25) is 0 Å². The van der Waals surface area contributed by atoms with Crippen LogP contribution in [0.3, 0.4) is 0 Å². The number of allylic oxidation sites excluding steroid dienone is 3. The molecule has 1 aromatic heterocycles. The van der Waals surface area contributed by atoms with Crippen molar-refractivity contribution in [3.8, 4) is 11.5 Å². The van der Waals surface area contributed by atoms with Gasteiger partial charge in [-0.15, -0.1) is 0 Å². The van der Waals surface area contributed by atoms with Gasteiger partial charge in [0.2, 0.25) is 5.75 Å². The van der Waals surface area contributed by atoms with Gasteiger partial charge in [0.15, 0.2) is 11.3 Å². The number of phenols is 1. The van der Waals surface area contributed by atoms with E-state index in [-0.39, 0.29) is 5.75 Å². The summed E-state index contributed by atoms with van der Waals surface area (Å²) in [5.41, 5.74) is 3.69. The number of hydrogen-bond acceptors (Lipinski definition) is 3. The minimum absolute atomic E-state index is 0.0338. The van der Waals surface area contributed by atoms with Gasteiger partial charge in [0.1, 0.15) is 5.76 Å². The predicted molar refractivity (Wildman–Crippen MR) is 79.8 cm³/mol. The van der Waals surface area contributed by atoms with Crippen LogP contribution in [-0.2, 0) is 6.42 Å². The molecule has 3 nitrogen and oxygen atoms in total. The van der Waals surface area contributed by atoms with Crippen LogP contribution in [0.1, 0.15) is 25.0 Å². The molecule has 1 aliphatic heterocycles. The van der Waals surface area contributed by atoms with Crippen molar-refractivity contribution in [3.05, 3.63) is 53.5 Å². The van der Waals surface area contributed by atoms with Crippen molar-refractivity contribution in [2.24, 2.45) is 0 Å². The van der Waals surface area contributed by atoms with Crippen molar-refractivity contribution in [3.63, 3.8) is 0 Å². The predicted octanol–water partition coefficient (Wildman–Crippen LogP) is 4.57. The maximum atomic E-state index is 10.3. The first-order valence-corrected chi connectivity index (χ1v) is 6.51. The molecule has 2 heterocycles. The van der Waals surface area contributed by atoms with Gasteiger partial charge in [-0.25, -0.2) is 0 Å². The number of aromatic hydroxyl groups is 1. The molecule has 1 N–H and O–H groups in total. The van der Waals surface area contributed by atoms with Crippen LogP contribution in [0.25, 0.3) is 17.0 Å². The fourth-order valence-electron chi connectivity index (χ4n) is 2.39. The Labute approximate surface area is 117 Å². The molecule has 2 aromatic rings. The molecule has 20 heavy (non-hydrogen) atoms. The van der Waals surface area contributed by atoms with Gasteiger partial charge in [-0.1, -0.05) is 18.2 Å². The summed E-state index contributed by atoms with van der Waals surface area (Å²) in [6.45, 7) is 7.89. The van der Waals surface area contributed by atoms with E-state index in [0.29, 0.717) is 17.1 Å². The van der Waals surface area contributed by atoms with Crippen molar-refractivity contribution >= 4 is 17.0 Å². The normalized spacial score (nSPS) is 13.2. The zero-order valence-electron chi connectivity index (χ0n) is 11.6. The Kier molecular flexibility index (Phi) is 2.90. The monoisotopic (exact) mass is 268 g/mol. The van der Waals surface area contributed by atoms with Crippen LogP contribution in [0.2, 0.25) is 0 Å². The van der Waals surface area contributed by atoms with Crippen LogP contribution in [-0.4, -0.2) is 5.11 Å². The average molecular weight is 268 g/mol. The van der Waals surface area contributed by atoms with E-state index in [1.807, 2.05) is 12.1 Å². The number of benzene rings is 1. The molecule has 0 radical (unpaired) electrons. The number of rotatable bonds is 2. The minimum atomic E-state index is 0.0338. The van der Waals surface area contributed by atoms with Gasteiger partial charge < -0.3 is 14.3 Å². The Morgan fingerprint density at radius 2 is 2.15 bits per heavy atom. The third-order valence-corrected chi connectivity index (χ3v) is 3.37. The van der Waals surface area contributed by atoms with E-state index in [0.717, 1.165) is 22.9 Å². The largest absolute Gasteiger partial charge is 0.502 e. The second-order valence-electron chi connectivity index (χ2n) is 5.12. The van der Waals surface area contributed by atoms with E-state index in [9.17, 15) is 5.11 Å². The fraction of sp³-hybridized carbons (Fsp3) is 0.176. The van der Waals surface area contributed by atoms with Crippen molar-refractivity contribution in [2.75, 3.05) is 0 Å². The second-order valence-corrected chi connectivity index (χ2v) is 5.12. The number of hydrogen-bond donors (Lipinski definition) is 1. The van der Waals surface area contributed by atoms with Crippen LogP contribution < -0.4 is 4.74 Å². The van der Waals surface area contributed by atoms with Crippen LogP contribution in [0, 0.1) is 0 Å². The lowest BCUT2D eigenvalue weighted by atomic mass is 9.96. The van der Waals surface area contributed by atoms with E-state index in [1.165, 1.54) is 5.57 Å². The van der Waals surface area contributed by atoms with Crippen molar-refractivity contribution in [2.45, 2.75) is 20.3 Å². The SMILES string of the molecule is C=C1C=Cc2c(c(O)c3occc3c2CC=C(C)C)O1. The Balaban J connectivity index is 2.30. The molecule has 0 amide bonds. The summed E-state index contributed by atoms with van der Waals surface area (Å²) < 4.78 is 11.0. The molecule has 1 aliphatic rings. The standard InChI is InChI=1S/C17H16O3/c1-10(2)4-6-12-13-7-5-11(3)20-17(13)15(18)16-14(12)8-9-19-16/h4-5,7-9,18H,3,6H2,1-2H3. The lowest BCUT2D eigenvalue weighted by molar-refractivity contribution is 0.387. The van der Waals surface area contributed by atoms with Crippen LogP contribution in [0.15, 0.2) is 46.8 Å². The van der Waals surface area contributed by atoms with Gasteiger partial charge >= 0.3 is 0 Å². The second kappa shape index (κ2) is 4.60. The molecule has 0 fully saturated rings. The molecule has 0 aliphatic carbocycles. The highest BCUT2D eigenvalue weighted by molar-refractivity contribution is 5.94. The Bertz CT molecular complexity index is 756. The highest BCUT2D eigenvalue weighted by Crippen LogP contribution is 2.45. The van der Waals surface area contributed by atoms with Gasteiger partial charge in [0.05, 0.1) is 6.26 Å². The molecule has 0 unspecified atom stereocenters. The third kappa shape index (κ3) is 1.92. The van der Waals surface area contributed by atoms with E-state index < -0.39 is 0 Å². The highest BCUT2D eigenvalue weighted by Gasteiger charge is 2.23. The summed E-state index contributed by atoms with van der Waals surface area (Å²) in [5, 5.41) is 11.2. The molecule has 102 valence electrons. The maximum absolute atomic E-state index is 10.3. The maximum Gasteiger partial charge on any atom is 0.203 e. The zero-order chi connectivity index (χ0) is 14.3. The minimum Gasteiger partial charge on any atom is -0.502 e. The number of phenolic OH excluding ortho intramolecular Hbond substituents is 1. The van der Waals surface area contributed by atoms with Crippen LogP contribution in [0.4, 0.5) is 0 Å². The first-order valence-electron chi connectivity index (χ1n) is 6.51. The first kappa shape index (κ1) is 12.6. The number of ether oxygens (including phenoxy) is 1. The molecule has 0 atom stereocenters. The lowest BCUT2D eigenvalue weighted by Crippen LogP contribution is -2.02. The summed E-state index contributed by atoms with van der Waals surface area (Å²) in [6, 6.07) is 1.88. The van der Waals surface area contributed by atoms with Gasteiger partial charge in [0, 0.05) is 10.9 Å². The molecule has 0 saturated heterocycles. The summed E-state index contributed by atoms with van der Waals surface area (Å²) >= 11 is 0. The highest BCUT2D eigenvalue weighted by atomic mass is 16.5. The first-order chi connectivity index (χ1) is 9.58. The molecule has 0 saturated carbocycles. The topological polar surface area (TPSA) is 42.6 Å². The van der Waals surface area contributed by atoms with E-state index in [1.54, 1.807) is 12.3 Å². The van der Waals surface area contributed by atoms with Gasteiger partial charge in [-0.2, -0.15) is 0 Å². The lowest BCUT2D eigenvalue weighted by Gasteiger charge is -2.18. The Morgan fingerprint density at radius 1 is 1.35 bits per heavy atom. The smallest absolute Gasteiger partial charge is 0.203 e. The molecule has 0 spiro atoms. The summed E-state index contributed by atoms with van der Waals surface area (Å²) in [6.07, 6.45) is 8.24. The molecule has 3 heteroatoms. The molecular formula is C17H16O3. The Hall–Kier alpha value is -2.42. The fourth-order valence-corrected chi connectivity index (χ4v) is 2.39. The van der Waals surface area contributed by atoms with Crippen LogP contribution >= 0.6 is 0 Å². The molecule has 1 aromatic carbocycles. The van der Waals surface area contributed by atoms with E-state index in [2.05, 4.69) is 26.5 Å². The third-order valence-electron chi connectivity index (χ3n) is 3.37. The van der Waals surface area contributed by atoms with Gasteiger partial charge in [0.25, 0.3) is 0 Å². The van der Waals surface area contributed by atoms with E-state index in [4.69, 9.17) is 9.15 Å². The molecule has 0 bridgehead atoms. The van der Waals surface area contributed by atoms with Crippen LogP contribution in [0.5, 0.6) is 11.5 Å². The molecular weight excluding hydrogens is 252 g/mol. The average Bonchev–Trinajstić information content (AvgIpc) is 2.88. The Morgan fingerprint density at radius 3 is 2.90 bits per heavy atom. The quantitative estimate of drug-likeness (QED) is 0.811. The summed E-state index contributed by atoms with van der Waals surface area (Å²) in [7, 11) is 0. The number of furan rings is 1. The summed E-state index contributed by atoms with van der Waals surface area (Å²) in [4.78, 5) is 0. The van der Waals surface area contributed by atoms with Crippen molar-refractivity contribution in [1.29, 1.82) is 0 Å². The zero-order valence-corrected chi connectivity index (χ0v) is 11.6. The van der Waals surface area contributed by atoms with Gasteiger partial charge in [-0.05, 0) is 44.1 Å². The van der Waals surface area contributed by atoms with Crippen molar-refractivity contribution in [1.82, 2.24) is 0 Å².